The zero-order valence-corrected chi connectivity index (χ0v) is 14.4. The quantitative estimate of drug-likeness (QED) is 0.840. The molecule has 0 bridgehead atoms. The minimum Gasteiger partial charge on any atom is -0.467 e. The lowest BCUT2D eigenvalue weighted by atomic mass is 10.2. The number of piperazine rings is 1. The fourth-order valence-electron chi connectivity index (χ4n) is 2.89. The van der Waals surface area contributed by atoms with Crippen LogP contribution >= 0.6 is 0 Å². The Kier molecular flexibility index (Phi) is 6.42. The Labute approximate surface area is 148 Å². The predicted molar refractivity (Wildman–Crippen MR) is 98.9 cm³/mol. The SMILES string of the molecule is O=C(CN1CCN(C/C=C/c2ccccc2)CC1)NCc1ccco1. The van der Waals surface area contributed by atoms with Crippen molar-refractivity contribution in [1.82, 2.24) is 15.1 Å². The summed E-state index contributed by atoms with van der Waals surface area (Å²) in [6.45, 7) is 5.69. The van der Waals surface area contributed by atoms with Crippen LogP contribution in [-0.2, 0) is 11.3 Å². The highest BCUT2D eigenvalue weighted by atomic mass is 16.3. The van der Waals surface area contributed by atoms with E-state index in [1.807, 2.05) is 18.2 Å². The zero-order valence-electron chi connectivity index (χ0n) is 14.4. The molecule has 5 nitrogen and oxygen atoms in total. The Hall–Kier alpha value is -2.37. The molecule has 0 spiro atoms. The molecule has 25 heavy (non-hydrogen) atoms. The van der Waals surface area contributed by atoms with Crippen molar-refractivity contribution < 1.29 is 9.21 Å². The van der Waals surface area contributed by atoms with E-state index in [4.69, 9.17) is 4.42 Å². The first-order chi connectivity index (χ1) is 12.3. The lowest BCUT2D eigenvalue weighted by Gasteiger charge is -2.33. The number of carbonyl (C=O) groups excluding carboxylic acids is 1. The summed E-state index contributed by atoms with van der Waals surface area (Å²) in [6, 6.07) is 14.0. The van der Waals surface area contributed by atoms with Gasteiger partial charge in [0.05, 0.1) is 19.4 Å². The van der Waals surface area contributed by atoms with Crippen molar-refractivity contribution in [3.8, 4) is 0 Å². The molecule has 5 heteroatoms. The summed E-state index contributed by atoms with van der Waals surface area (Å²) in [5.74, 6) is 0.831. The van der Waals surface area contributed by atoms with Crippen molar-refractivity contribution in [2.45, 2.75) is 6.54 Å². The second kappa shape index (κ2) is 9.20. The Balaban J connectivity index is 1.33. The van der Waals surface area contributed by atoms with Crippen molar-refractivity contribution in [3.05, 3.63) is 66.1 Å². The highest BCUT2D eigenvalue weighted by Gasteiger charge is 2.18. The highest BCUT2D eigenvalue weighted by Crippen LogP contribution is 2.05. The van der Waals surface area contributed by atoms with Gasteiger partial charge >= 0.3 is 0 Å². The molecule has 2 aromatic rings. The molecule has 0 atom stereocenters. The second-order valence-electron chi connectivity index (χ2n) is 6.25. The molecule has 1 saturated heterocycles. The van der Waals surface area contributed by atoms with Crippen molar-refractivity contribution in [3.63, 3.8) is 0 Å². The minimum atomic E-state index is 0.0498. The van der Waals surface area contributed by atoms with Gasteiger partial charge in [0.25, 0.3) is 0 Å². The van der Waals surface area contributed by atoms with E-state index in [9.17, 15) is 4.79 Å². The maximum Gasteiger partial charge on any atom is 0.234 e. The standard InChI is InChI=1S/C20H25N3O2/c24-20(21-16-19-9-5-15-25-19)17-23-13-11-22(12-14-23)10-4-8-18-6-2-1-3-7-18/h1-9,15H,10-14,16-17H2,(H,21,24)/b8-4+. The second-order valence-corrected chi connectivity index (χ2v) is 6.25. The van der Waals surface area contributed by atoms with Gasteiger partial charge in [-0.2, -0.15) is 0 Å². The topological polar surface area (TPSA) is 48.7 Å². The summed E-state index contributed by atoms with van der Waals surface area (Å²) in [5.41, 5.74) is 1.23. The summed E-state index contributed by atoms with van der Waals surface area (Å²) in [7, 11) is 0. The molecule has 0 aliphatic carbocycles. The zero-order chi connectivity index (χ0) is 17.3. The maximum atomic E-state index is 12.0. The van der Waals surface area contributed by atoms with Gasteiger partial charge in [-0.3, -0.25) is 14.6 Å². The molecule has 132 valence electrons. The molecule has 1 aromatic heterocycles. The summed E-state index contributed by atoms with van der Waals surface area (Å²) in [6.07, 6.45) is 5.99. The Morgan fingerprint density at radius 3 is 2.52 bits per heavy atom. The lowest BCUT2D eigenvalue weighted by Crippen LogP contribution is -2.49. The Bertz CT molecular complexity index is 660. The van der Waals surface area contributed by atoms with E-state index in [2.05, 4.69) is 51.5 Å². The van der Waals surface area contributed by atoms with Gasteiger partial charge in [-0.1, -0.05) is 42.5 Å². The first kappa shape index (κ1) is 17.5. The third-order valence-electron chi connectivity index (χ3n) is 4.35. The van der Waals surface area contributed by atoms with Crippen molar-refractivity contribution in [1.29, 1.82) is 0 Å². The number of carbonyl (C=O) groups is 1. The van der Waals surface area contributed by atoms with Gasteiger partial charge in [0.15, 0.2) is 0 Å². The van der Waals surface area contributed by atoms with Crippen LogP contribution in [0.3, 0.4) is 0 Å². The monoisotopic (exact) mass is 339 g/mol. The molecule has 1 N–H and O–H groups in total. The number of rotatable bonds is 7. The molecule has 1 aliphatic heterocycles. The van der Waals surface area contributed by atoms with E-state index in [0.717, 1.165) is 38.5 Å². The van der Waals surface area contributed by atoms with Crippen LogP contribution in [0.25, 0.3) is 6.08 Å². The lowest BCUT2D eigenvalue weighted by molar-refractivity contribution is -0.122. The molecule has 1 fully saturated rings. The molecule has 1 aromatic carbocycles. The van der Waals surface area contributed by atoms with E-state index in [0.29, 0.717) is 13.1 Å². The smallest absolute Gasteiger partial charge is 0.234 e. The molecule has 1 aliphatic rings. The van der Waals surface area contributed by atoms with Gasteiger partial charge in [-0.15, -0.1) is 0 Å². The van der Waals surface area contributed by atoms with E-state index >= 15 is 0 Å². The number of amides is 1. The van der Waals surface area contributed by atoms with Gasteiger partial charge < -0.3 is 9.73 Å². The van der Waals surface area contributed by atoms with E-state index in [1.54, 1.807) is 6.26 Å². The molecular weight excluding hydrogens is 314 g/mol. The Morgan fingerprint density at radius 2 is 1.80 bits per heavy atom. The van der Waals surface area contributed by atoms with Gasteiger partial charge in [0.2, 0.25) is 5.91 Å². The number of furan rings is 1. The van der Waals surface area contributed by atoms with Gasteiger partial charge in [-0.05, 0) is 17.7 Å². The highest BCUT2D eigenvalue weighted by molar-refractivity contribution is 5.77. The molecule has 0 radical (unpaired) electrons. The Morgan fingerprint density at radius 1 is 1.04 bits per heavy atom. The van der Waals surface area contributed by atoms with E-state index in [1.165, 1.54) is 5.56 Å². The van der Waals surface area contributed by atoms with Gasteiger partial charge in [0, 0.05) is 32.7 Å². The normalized spacial score (nSPS) is 16.3. The van der Waals surface area contributed by atoms with Crippen LogP contribution in [0.5, 0.6) is 0 Å². The number of nitrogens with one attached hydrogen (secondary N) is 1. The number of benzene rings is 1. The molecule has 0 saturated carbocycles. The maximum absolute atomic E-state index is 12.0. The average Bonchev–Trinajstić information content (AvgIpc) is 3.16. The van der Waals surface area contributed by atoms with Crippen LogP contribution in [0.4, 0.5) is 0 Å². The number of hydrogen-bond acceptors (Lipinski definition) is 4. The van der Waals surface area contributed by atoms with Crippen molar-refractivity contribution >= 4 is 12.0 Å². The first-order valence-corrected chi connectivity index (χ1v) is 8.75. The predicted octanol–water partition coefficient (Wildman–Crippen LogP) is 2.23. The van der Waals surface area contributed by atoms with E-state index < -0.39 is 0 Å². The van der Waals surface area contributed by atoms with Crippen LogP contribution < -0.4 is 5.32 Å². The van der Waals surface area contributed by atoms with Gasteiger partial charge in [-0.25, -0.2) is 0 Å². The summed E-state index contributed by atoms with van der Waals surface area (Å²) >= 11 is 0. The van der Waals surface area contributed by atoms with Crippen LogP contribution in [-0.4, -0.2) is 55.0 Å². The molecule has 3 rings (SSSR count). The fraction of sp³-hybridized carbons (Fsp3) is 0.350. The molecule has 2 heterocycles. The third kappa shape index (κ3) is 5.89. The van der Waals surface area contributed by atoms with Crippen LogP contribution in [0.2, 0.25) is 0 Å². The number of hydrogen-bond donors (Lipinski definition) is 1. The third-order valence-corrected chi connectivity index (χ3v) is 4.35. The van der Waals surface area contributed by atoms with Crippen LogP contribution in [0.15, 0.2) is 59.2 Å². The summed E-state index contributed by atoms with van der Waals surface area (Å²) in [5, 5.41) is 2.90. The summed E-state index contributed by atoms with van der Waals surface area (Å²) < 4.78 is 5.22. The minimum absolute atomic E-state index is 0.0498. The molecule has 1 amide bonds. The largest absolute Gasteiger partial charge is 0.467 e. The molecular formula is C20H25N3O2. The van der Waals surface area contributed by atoms with Crippen LogP contribution in [0.1, 0.15) is 11.3 Å². The average molecular weight is 339 g/mol. The molecule has 0 unspecified atom stereocenters. The van der Waals surface area contributed by atoms with Crippen molar-refractivity contribution in [2.75, 3.05) is 39.3 Å². The van der Waals surface area contributed by atoms with E-state index in [-0.39, 0.29) is 5.91 Å². The fourth-order valence-corrected chi connectivity index (χ4v) is 2.89. The summed E-state index contributed by atoms with van der Waals surface area (Å²) in [4.78, 5) is 16.6. The van der Waals surface area contributed by atoms with Crippen molar-refractivity contribution in [2.24, 2.45) is 0 Å². The number of nitrogens with zero attached hydrogens (tertiary/aromatic N) is 2. The first-order valence-electron chi connectivity index (χ1n) is 8.75. The van der Waals surface area contributed by atoms with Gasteiger partial charge in [0.1, 0.15) is 5.76 Å². The van der Waals surface area contributed by atoms with Crippen LogP contribution in [0, 0.1) is 0 Å².